The first-order chi connectivity index (χ1) is 8.99. The molecule has 1 atom stereocenters. The molecule has 0 aromatic heterocycles. The Morgan fingerprint density at radius 1 is 1.53 bits per heavy atom. The molecule has 0 spiro atoms. The zero-order valence-electron chi connectivity index (χ0n) is 12.0. The number of aryl methyl sites for hydroxylation is 1. The predicted octanol–water partition coefficient (Wildman–Crippen LogP) is 2.66. The minimum absolute atomic E-state index is 0.0479. The maximum Gasteiger partial charge on any atom is 0.253 e. The highest BCUT2D eigenvalue weighted by molar-refractivity contribution is 5.94. The van der Waals surface area contributed by atoms with Gasteiger partial charge >= 0.3 is 0 Å². The van der Waals surface area contributed by atoms with Gasteiger partial charge in [-0.05, 0) is 44.5 Å². The van der Waals surface area contributed by atoms with E-state index in [1.54, 1.807) is 11.9 Å². The number of nitriles is 1. The second-order valence-corrected chi connectivity index (χ2v) is 4.78. The molecule has 1 rings (SSSR count). The summed E-state index contributed by atoms with van der Waals surface area (Å²) in [7, 11) is 1.73. The summed E-state index contributed by atoms with van der Waals surface area (Å²) in [6.45, 7) is 7.13. The van der Waals surface area contributed by atoms with Crippen molar-refractivity contribution in [1.29, 1.82) is 5.26 Å². The second-order valence-electron chi connectivity index (χ2n) is 4.78. The van der Waals surface area contributed by atoms with Crippen molar-refractivity contribution in [2.45, 2.75) is 20.8 Å². The summed E-state index contributed by atoms with van der Waals surface area (Å²) in [6, 6.07) is 7.76. The van der Waals surface area contributed by atoms with Crippen molar-refractivity contribution < 1.29 is 4.79 Å². The molecule has 0 aliphatic heterocycles. The van der Waals surface area contributed by atoms with Crippen molar-refractivity contribution >= 4 is 11.6 Å². The highest BCUT2D eigenvalue weighted by Crippen LogP contribution is 2.17. The van der Waals surface area contributed by atoms with E-state index in [2.05, 4.69) is 11.4 Å². The largest absolute Gasteiger partial charge is 0.385 e. The zero-order chi connectivity index (χ0) is 14.4. The highest BCUT2D eigenvalue weighted by atomic mass is 16.2. The summed E-state index contributed by atoms with van der Waals surface area (Å²) in [6.07, 6.45) is 0. The van der Waals surface area contributed by atoms with Crippen molar-refractivity contribution in [2.75, 3.05) is 25.5 Å². The van der Waals surface area contributed by atoms with E-state index in [-0.39, 0.29) is 11.8 Å². The van der Waals surface area contributed by atoms with Crippen molar-refractivity contribution in [2.24, 2.45) is 5.92 Å². The third-order valence-corrected chi connectivity index (χ3v) is 2.96. The molecule has 0 aliphatic rings. The fourth-order valence-electron chi connectivity index (χ4n) is 1.94. The lowest BCUT2D eigenvalue weighted by Gasteiger charge is -2.19. The quantitative estimate of drug-likeness (QED) is 0.884. The highest BCUT2D eigenvalue weighted by Gasteiger charge is 2.14. The molecule has 0 heterocycles. The first kappa shape index (κ1) is 15.0. The molecular weight excluding hydrogens is 238 g/mol. The molecule has 1 aromatic carbocycles. The summed E-state index contributed by atoms with van der Waals surface area (Å²) in [5.74, 6) is -0.204. The van der Waals surface area contributed by atoms with E-state index in [9.17, 15) is 4.79 Å². The fraction of sp³-hybridized carbons (Fsp3) is 0.467. The van der Waals surface area contributed by atoms with Crippen LogP contribution in [0.2, 0.25) is 0 Å². The van der Waals surface area contributed by atoms with Gasteiger partial charge in [0.15, 0.2) is 0 Å². The first-order valence-electron chi connectivity index (χ1n) is 6.49. The van der Waals surface area contributed by atoms with Crippen molar-refractivity contribution in [3.05, 3.63) is 29.3 Å². The van der Waals surface area contributed by atoms with Crippen LogP contribution in [-0.4, -0.2) is 30.9 Å². The van der Waals surface area contributed by atoms with Crippen molar-refractivity contribution in [3.63, 3.8) is 0 Å². The Balaban J connectivity index is 2.83. The van der Waals surface area contributed by atoms with Gasteiger partial charge in [-0.3, -0.25) is 4.79 Å². The van der Waals surface area contributed by atoms with Crippen LogP contribution in [-0.2, 0) is 0 Å². The average Bonchev–Trinajstić information content (AvgIpc) is 2.40. The van der Waals surface area contributed by atoms with Crippen LogP contribution in [0.4, 0.5) is 5.69 Å². The lowest BCUT2D eigenvalue weighted by Crippen LogP contribution is -2.30. The maximum absolute atomic E-state index is 12.2. The molecule has 102 valence electrons. The van der Waals surface area contributed by atoms with Gasteiger partial charge in [0, 0.05) is 31.4 Å². The number of hydrogen-bond acceptors (Lipinski definition) is 3. The van der Waals surface area contributed by atoms with Crippen LogP contribution >= 0.6 is 0 Å². The van der Waals surface area contributed by atoms with Gasteiger partial charge in [0.1, 0.15) is 0 Å². The molecule has 0 saturated heterocycles. The number of amides is 1. The minimum Gasteiger partial charge on any atom is -0.385 e. The van der Waals surface area contributed by atoms with Crippen LogP contribution in [0.3, 0.4) is 0 Å². The van der Waals surface area contributed by atoms with Gasteiger partial charge in [0.2, 0.25) is 0 Å². The molecule has 1 N–H and O–H groups in total. The van der Waals surface area contributed by atoms with E-state index in [0.29, 0.717) is 12.1 Å². The summed E-state index contributed by atoms with van der Waals surface area (Å²) >= 11 is 0. The molecule has 1 amide bonds. The molecule has 1 unspecified atom stereocenters. The molecule has 0 radical (unpaired) electrons. The Morgan fingerprint density at radius 3 is 2.74 bits per heavy atom. The minimum atomic E-state index is -0.156. The second kappa shape index (κ2) is 6.79. The number of nitrogens with zero attached hydrogens (tertiary/aromatic N) is 2. The van der Waals surface area contributed by atoms with Crippen LogP contribution < -0.4 is 5.32 Å². The predicted molar refractivity (Wildman–Crippen MR) is 77.1 cm³/mol. The van der Waals surface area contributed by atoms with Gasteiger partial charge in [-0.1, -0.05) is 0 Å². The van der Waals surface area contributed by atoms with E-state index in [1.807, 2.05) is 39.0 Å². The standard InChI is InChI=1S/C15H21N3O/c1-5-17-14-7-6-13(8-12(14)3)15(19)18(4)10-11(2)9-16/h6-8,11,17H,5,10H2,1-4H3. The van der Waals surface area contributed by atoms with Gasteiger partial charge in [-0.2, -0.15) is 5.26 Å². The van der Waals surface area contributed by atoms with Crippen LogP contribution in [0, 0.1) is 24.2 Å². The lowest BCUT2D eigenvalue weighted by molar-refractivity contribution is 0.0785. The normalized spacial score (nSPS) is 11.5. The molecule has 0 bridgehead atoms. The van der Waals surface area contributed by atoms with E-state index < -0.39 is 0 Å². The third kappa shape index (κ3) is 3.99. The van der Waals surface area contributed by atoms with E-state index >= 15 is 0 Å². The molecule has 4 heteroatoms. The van der Waals surface area contributed by atoms with Crippen LogP contribution in [0.15, 0.2) is 18.2 Å². The Morgan fingerprint density at radius 2 is 2.21 bits per heavy atom. The maximum atomic E-state index is 12.2. The Hall–Kier alpha value is -2.02. The van der Waals surface area contributed by atoms with E-state index in [0.717, 1.165) is 17.8 Å². The summed E-state index contributed by atoms with van der Waals surface area (Å²) < 4.78 is 0. The summed E-state index contributed by atoms with van der Waals surface area (Å²) in [5, 5.41) is 12.0. The molecule has 0 fully saturated rings. The van der Waals surface area contributed by atoms with Gasteiger partial charge in [0.25, 0.3) is 5.91 Å². The van der Waals surface area contributed by atoms with E-state index in [4.69, 9.17) is 5.26 Å². The van der Waals surface area contributed by atoms with Gasteiger partial charge in [-0.25, -0.2) is 0 Å². The van der Waals surface area contributed by atoms with Crippen LogP contribution in [0.1, 0.15) is 29.8 Å². The van der Waals surface area contributed by atoms with Gasteiger partial charge in [0.05, 0.1) is 12.0 Å². The van der Waals surface area contributed by atoms with Crippen molar-refractivity contribution in [3.8, 4) is 6.07 Å². The van der Waals surface area contributed by atoms with E-state index in [1.165, 1.54) is 0 Å². The smallest absolute Gasteiger partial charge is 0.253 e. The Kier molecular flexibility index (Phi) is 5.37. The van der Waals surface area contributed by atoms with Crippen LogP contribution in [0.5, 0.6) is 0 Å². The molecule has 1 aromatic rings. The number of benzene rings is 1. The number of carbonyl (C=O) groups is 1. The lowest BCUT2D eigenvalue weighted by atomic mass is 10.1. The fourth-order valence-corrected chi connectivity index (χ4v) is 1.94. The first-order valence-corrected chi connectivity index (χ1v) is 6.49. The number of anilines is 1. The number of carbonyl (C=O) groups excluding carboxylic acids is 1. The molecule has 19 heavy (non-hydrogen) atoms. The molecule has 0 saturated carbocycles. The monoisotopic (exact) mass is 259 g/mol. The third-order valence-electron chi connectivity index (χ3n) is 2.96. The number of rotatable bonds is 5. The van der Waals surface area contributed by atoms with Gasteiger partial charge in [-0.15, -0.1) is 0 Å². The topological polar surface area (TPSA) is 56.1 Å². The van der Waals surface area contributed by atoms with Crippen molar-refractivity contribution in [1.82, 2.24) is 4.90 Å². The summed E-state index contributed by atoms with van der Waals surface area (Å²) in [5.41, 5.74) is 2.76. The average molecular weight is 259 g/mol. The van der Waals surface area contributed by atoms with Crippen LogP contribution in [0.25, 0.3) is 0 Å². The summed E-state index contributed by atoms with van der Waals surface area (Å²) in [4.78, 5) is 13.8. The Labute approximate surface area is 115 Å². The number of nitrogens with one attached hydrogen (secondary N) is 1. The number of hydrogen-bond donors (Lipinski definition) is 1. The Bertz CT molecular complexity index is 491. The molecule has 0 aliphatic carbocycles. The van der Waals surface area contributed by atoms with Gasteiger partial charge < -0.3 is 10.2 Å². The zero-order valence-corrected chi connectivity index (χ0v) is 12.0. The SMILES string of the molecule is CCNc1ccc(C(=O)N(C)CC(C)C#N)cc1C. The molecule has 4 nitrogen and oxygen atoms in total. The molecular formula is C15H21N3O.